The molecule has 3 aromatic rings. The quantitative estimate of drug-likeness (QED) is 0.629. The van der Waals surface area contributed by atoms with Crippen LogP contribution in [-0.4, -0.2) is 47.7 Å². The summed E-state index contributed by atoms with van der Waals surface area (Å²) in [5.41, 5.74) is 0.560. The largest absolute Gasteiger partial charge is 0.493 e. The molecule has 0 atom stereocenters. The van der Waals surface area contributed by atoms with Crippen molar-refractivity contribution in [1.29, 1.82) is 0 Å². The Morgan fingerprint density at radius 1 is 1.16 bits per heavy atom. The van der Waals surface area contributed by atoms with E-state index in [4.69, 9.17) is 4.74 Å². The van der Waals surface area contributed by atoms with Gasteiger partial charge in [0.2, 0.25) is 0 Å². The van der Waals surface area contributed by atoms with Gasteiger partial charge < -0.3 is 15.0 Å². The molecule has 32 heavy (non-hydrogen) atoms. The van der Waals surface area contributed by atoms with E-state index in [0.29, 0.717) is 5.56 Å². The van der Waals surface area contributed by atoms with Gasteiger partial charge in [0.15, 0.2) is 11.4 Å². The van der Waals surface area contributed by atoms with E-state index in [2.05, 4.69) is 10.4 Å². The molecule has 7 nitrogen and oxygen atoms in total. The molecule has 0 aliphatic heterocycles. The van der Waals surface area contributed by atoms with Crippen molar-refractivity contribution in [2.24, 2.45) is 0 Å². The standard InChI is InChI=1S/C22H21F3N4O3/c1-26-20(30)15-9-7-14(8-10-15)12-28(2)21(31)19-18(32-3)13-29(27-19)17-6-4-5-16(11-17)22(23,24)25/h4-11,13H,12H2,1-3H3,(H,26,30). The van der Waals surface area contributed by atoms with Crippen LogP contribution >= 0.6 is 0 Å². The van der Waals surface area contributed by atoms with E-state index in [1.54, 1.807) is 31.3 Å². The minimum atomic E-state index is -4.50. The first-order valence-corrected chi connectivity index (χ1v) is 9.51. The van der Waals surface area contributed by atoms with Gasteiger partial charge in [-0.15, -0.1) is 0 Å². The van der Waals surface area contributed by atoms with Gasteiger partial charge in [0.1, 0.15) is 0 Å². The summed E-state index contributed by atoms with van der Waals surface area (Å²) >= 11 is 0. The molecule has 3 rings (SSSR count). The maximum atomic E-state index is 13.0. The van der Waals surface area contributed by atoms with Crippen molar-refractivity contribution in [3.8, 4) is 11.4 Å². The molecular formula is C22H21F3N4O3. The molecule has 0 radical (unpaired) electrons. The molecule has 0 unspecified atom stereocenters. The number of methoxy groups -OCH3 is 1. The van der Waals surface area contributed by atoms with Crippen LogP contribution < -0.4 is 10.1 Å². The topological polar surface area (TPSA) is 76.5 Å². The van der Waals surface area contributed by atoms with Gasteiger partial charge in [-0.25, -0.2) is 4.68 Å². The fraction of sp³-hybridized carbons (Fsp3) is 0.227. The highest BCUT2D eigenvalue weighted by atomic mass is 19.4. The van der Waals surface area contributed by atoms with Crippen LogP contribution in [0.25, 0.3) is 5.69 Å². The number of ether oxygens (including phenoxy) is 1. The van der Waals surface area contributed by atoms with Crippen molar-refractivity contribution < 1.29 is 27.5 Å². The number of aromatic nitrogens is 2. The second-order valence-corrected chi connectivity index (χ2v) is 6.98. The number of amides is 2. The van der Waals surface area contributed by atoms with Crippen LogP contribution in [0.5, 0.6) is 5.75 Å². The number of halogens is 3. The SMILES string of the molecule is CNC(=O)c1ccc(CN(C)C(=O)c2nn(-c3cccc(C(F)(F)F)c3)cc2OC)cc1. The Kier molecular flexibility index (Phi) is 6.52. The summed E-state index contributed by atoms with van der Waals surface area (Å²) in [6.07, 6.45) is -3.14. The maximum absolute atomic E-state index is 13.0. The van der Waals surface area contributed by atoms with Gasteiger partial charge in [-0.3, -0.25) is 9.59 Å². The van der Waals surface area contributed by atoms with Gasteiger partial charge in [0, 0.05) is 26.2 Å². The summed E-state index contributed by atoms with van der Waals surface area (Å²) in [5.74, 6) is -0.553. The number of rotatable bonds is 6. The second-order valence-electron chi connectivity index (χ2n) is 6.98. The molecule has 0 aliphatic rings. The Hall–Kier alpha value is -3.82. The molecule has 168 valence electrons. The zero-order valence-electron chi connectivity index (χ0n) is 17.6. The number of hydrogen-bond acceptors (Lipinski definition) is 4. The minimum Gasteiger partial charge on any atom is -0.493 e. The maximum Gasteiger partial charge on any atom is 0.416 e. The van der Waals surface area contributed by atoms with Gasteiger partial charge >= 0.3 is 6.18 Å². The summed E-state index contributed by atoms with van der Waals surface area (Å²) in [5, 5.41) is 6.70. The van der Waals surface area contributed by atoms with Crippen molar-refractivity contribution in [3.63, 3.8) is 0 Å². The highest BCUT2D eigenvalue weighted by Gasteiger charge is 2.31. The molecule has 1 heterocycles. The van der Waals surface area contributed by atoms with Crippen molar-refractivity contribution >= 4 is 11.8 Å². The van der Waals surface area contributed by atoms with Gasteiger partial charge in [-0.05, 0) is 35.9 Å². The lowest BCUT2D eigenvalue weighted by Gasteiger charge is -2.16. The first kappa shape index (κ1) is 22.9. The summed E-state index contributed by atoms with van der Waals surface area (Å²) in [6, 6.07) is 11.4. The van der Waals surface area contributed by atoms with E-state index in [-0.39, 0.29) is 29.6 Å². The third-order valence-corrected chi connectivity index (χ3v) is 4.75. The van der Waals surface area contributed by atoms with Crippen LogP contribution in [0.1, 0.15) is 32.0 Å². The zero-order valence-corrected chi connectivity index (χ0v) is 17.6. The number of carbonyl (C=O) groups excluding carboxylic acids is 2. The first-order chi connectivity index (χ1) is 15.1. The number of nitrogens with one attached hydrogen (secondary N) is 1. The van der Waals surface area contributed by atoms with Crippen molar-refractivity contribution in [3.05, 3.63) is 77.1 Å². The Balaban J connectivity index is 1.82. The molecule has 1 N–H and O–H groups in total. The highest BCUT2D eigenvalue weighted by Crippen LogP contribution is 2.31. The van der Waals surface area contributed by atoms with Gasteiger partial charge in [-0.1, -0.05) is 18.2 Å². The summed E-state index contributed by atoms with van der Waals surface area (Å²) < 4.78 is 45.5. The monoisotopic (exact) mass is 446 g/mol. The molecule has 2 aromatic carbocycles. The van der Waals surface area contributed by atoms with E-state index < -0.39 is 17.6 Å². The third kappa shape index (κ3) is 4.90. The Morgan fingerprint density at radius 2 is 1.84 bits per heavy atom. The van der Waals surface area contributed by atoms with Gasteiger partial charge in [0.05, 0.1) is 24.6 Å². The molecule has 0 saturated heterocycles. The average molecular weight is 446 g/mol. The van der Waals surface area contributed by atoms with Crippen molar-refractivity contribution in [1.82, 2.24) is 20.0 Å². The second kappa shape index (κ2) is 9.13. The van der Waals surface area contributed by atoms with Gasteiger partial charge in [-0.2, -0.15) is 18.3 Å². The van der Waals surface area contributed by atoms with E-state index in [1.165, 1.54) is 42.1 Å². The summed E-state index contributed by atoms with van der Waals surface area (Å²) in [4.78, 5) is 26.0. The van der Waals surface area contributed by atoms with E-state index >= 15 is 0 Å². The van der Waals surface area contributed by atoms with Crippen molar-refractivity contribution in [2.75, 3.05) is 21.2 Å². The number of alkyl halides is 3. The Bertz CT molecular complexity index is 1120. The molecule has 0 spiro atoms. The third-order valence-electron chi connectivity index (χ3n) is 4.75. The zero-order chi connectivity index (χ0) is 23.5. The van der Waals surface area contributed by atoms with Gasteiger partial charge in [0.25, 0.3) is 11.8 Å². The Morgan fingerprint density at radius 3 is 2.44 bits per heavy atom. The number of hydrogen-bond donors (Lipinski definition) is 1. The van der Waals surface area contributed by atoms with Crippen LogP contribution in [0, 0.1) is 0 Å². The van der Waals surface area contributed by atoms with Crippen molar-refractivity contribution in [2.45, 2.75) is 12.7 Å². The van der Waals surface area contributed by atoms with Crippen LogP contribution in [0.15, 0.2) is 54.7 Å². The lowest BCUT2D eigenvalue weighted by molar-refractivity contribution is -0.137. The predicted octanol–water partition coefficient (Wildman–Crippen LogP) is 3.53. The van der Waals surface area contributed by atoms with E-state index in [0.717, 1.165) is 17.7 Å². The Labute approximate surface area is 182 Å². The smallest absolute Gasteiger partial charge is 0.416 e. The summed E-state index contributed by atoms with van der Waals surface area (Å²) in [7, 11) is 4.45. The highest BCUT2D eigenvalue weighted by molar-refractivity contribution is 5.95. The van der Waals surface area contributed by atoms with Crippen LogP contribution in [0.4, 0.5) is 13.2 Å². The number of benzene rings is 2. The van der Waals surface area contributed by atoms with Crippen LogP contribution in [0.3, 0.4) is 0 Å². The molecule has 0 fully saturated rings. The van der Waals surface area contributed by atoms with Crippen LogP contribution in [-0.2, 0) is 12.7 Å². The summed E-state index contributed by atoms with van der Waals surface area (Å²) in [6.45, 7) is 0.229. The number of nitrogens with zero attached hydrogens (tertiary/aromatic N) is 3. The molecule has 0 saturated carbocycles. The number of carbonyl (C=O) groups is 2. The fourth-order valence-electron chi connectivity index (χ4n) is 3.04. The first-order valence-electron chi connectivity index (χ1n) is 9.51. The molecule has 1 aromatic heterocycles. The van der Waals surface area contributed by atoms with E-state index in [9.17, 15) is 22.8 Å². The normalized spacial score (nSPS) is 11.2. The molecule has 10 heteroatoms. The molecule has 2 amide bonds. The lowest BCUT2D eigenvalue weighted by Crippen LogP contribution is -2.27. The average Bonchev–Trinajstić information content (AvgIpc) is 3.22. The molecule has 0 bridgehead atoms. The lowest BCUT2D eigenvalue weighted by atomic mass is 10.1. The van der Waals surface area contributed by atoms with Crippen LogP contribution in [0.2, 0.25) is 0 Å². The van der Waals surface area contributed by atoms with E-state index in [1.807, 2.05) is 0 Å². The molecular weight excluding hydrogens is 425 g/mol. The molecule has 0 aliphatic carbocycles. The predicted molar refractivity (Wildman–Crippen MR) is 111 cm³/mol. The fourth-order valence-corrected chi connectivity index (χ4v) is 3.04. The minimum absolute atomic E-state index is 0.0330.